The molecule has 0 radical (unpaired) electrons. The first-order valence-electron chi connectivity index (χ1n) is 7.28. The van der Waals surface area contributed by atoms with Gasteiger partial charge in [-0.1, -0.05) is 42.9 Å². The molecule has 3 heteroatoms. The van der Waals surface area contributed by atoms with E-state index in [-0.39, 0.29) is 18.8 Å². The van der Waals surface area contributed by atoms with E-state index in [0.29, 0.717) is 0 Å². The van der Waals surface area contributed by atoms with Crippen molar-refractivity contribution < 1.29 is 10.2 Å². The van der Waals surface area contributed by atoms with E-state index in [0.717, 1.165) is 36.9 Å². The van der Waals surface area contributed by atoms with Crippen LogP contribution in [0.4, 0.5) is 0 Å². The van der Waals surface area contributed by atoms with Crippen LogP contribution >= 0.6 is 0 Å². The van der Waals surface area contributed by atoms with Gasteiger partial charge < -0.3 is 10.2 Å². The third kappa shape index (κ3) is 3.83. The Morgan fingerprint density at radius 3 is 2.75 bits per heavy atom. The highest BCUT2D eigenvalue weighted by molar-refractivity contribution is 5.41. The van der Waals surface area contributed by atoms with Gasteiger partial charge in [0, 0.05) is 18.2 Å². The van der Waals surface area contributed by atoms with E-state index in [9.17, 15) is 5.11 Å². The second-order valence-corrected chi connectivity index (χ2v) is 5.45. The Kier molecular flexibility index (Phi) is 5.60. The molecule has 1 aromatic rings. The quantitative estimate of drug-likeness (QED) is 0.825. The maximum Gasteiger partial charge on any atom is 0.104 e. The summed E-state index contributed by atoms with van der Waals surface area (Å²) in [4.78, 5) is 2.23. The van der Waals surface area contributed by atoms with Crippen molar-refractivity contribution in [3.63, 3.8) is 0 Å². The van der Waals surface area contributed by atoms with Crippen molar-refractivity contribution in [3.05, 3.63) is 35.4 Å². The van der Waals surface area contributed by atoms with Crippen LogP contribution in [0.1, 0.15) is 36.8 Å². The van der Waals surface area contributed by atoms with Crippen molar-refractivity contribution >= 4 is 0 Å². The van der Waals surface area contributed by atoms with Crippen LogP contribution < -0.4 is 0 Å². The molecule has 0 heterocycles. The largest absolute Gasteiger partial charge is 0.391 e. The molecule has 0 aliphatic heterocycles. The summed E-state index contributed by atoms with van der Waals surface area (Å²) in [6.45, 7) is 0.656. The first-order chi connectivity index (χ1) is 9.72. The molecule has 20 heavy (non-hydrogen) atoms. The van der Waals surface area contributed by atoms with E-state index in [1.54, 1.807) is 0 Å². The SMILES string of the molecule is CN(Cc1ccccc1C#CCO)C1CCCCC1O. The normalized spacial score (nSPS) is 22.4. The predicted octanol–water partition coefficient (Wildman–Crippen LogP) is 1.77. The van der Waals surface area contributed by atoms with Crippen LogP contribution in [-0.4, -0.2) is 40.9 Å². The highest BCUT2D eigenvalue weighted by Gasteiger charge is 2.26. The monoisotopic (exact) mass is 273 g/mol. The average Bonchev–Trinajstić information content (AvgIpc) is 2.46. The van der Waals surface area contributed by atoms with Crippen LogP contribution in [0.3, 0.4) is 0 Å². The third-order valence-electron chi connectivity index (χ3n) is 4.00. The summed E-state index contributed by atoms with van der Waals surface area (Å²) < 4.78 is 0. The molecule has 1 aromatic carbocycles. The van der Waals surface area contributed by atoms with Crippen LogP contribution in [0.2, 0.25) is 0 Å². The minimum Gasteiger partial charge on any atom is -0.391 e. The van der Waals surface area contributed by atoms with Crippen molar-refractivity contribution in [1.82, 2.24) is 4.90 Å². The molecular weight excluding hydrogens is 250 g/mol. The molecule has 3 nitrogen and oxygen atoms in total. The van der Waals surface area contributed by atoms with E-state index >= 15 is 0 Å². The molecule has 0 spiro atoms. The number of aliphatic hydroxyl groups is 2. The Labute approximate surface area is 121 Å². The molecule has 108 valence electrons. The first-order valence-corrected chi connectivity index (χ1v) is 7.28. The number of aliphatic hydroxyl groups excluding tert-OH is 2. The molecular formula is C17H23NO2. The maximum atomic E-state index is 10.1. The van der Waals surface area contributed by atoms with Gasteiger partial charge in [0.15, 0.2) is 0 Å². The molecule has 0 amide bonds. The number of hydrogen-bond acceptors (Lipinski definition) is 3. The maximum absolute atomic E-state index is 10.1. The van der Waals surface area contributed by atoms with Crippen LogP contribution in [0.5, 0.6) is 0 Å². The zero-order valence-corrected chi connectivity index (χ0v) is 12.0. The Bertz CT molecular complexity index is 489. The van der Waals surface area contributed by atoms with Crippen molar-refractivity contribution in [3.8, 4) is 11.8 Å². The van der Waals surface area contributed by atoms with Gasteiger partial charge in [-0.2, -0.15) is 0 Å². The van der Waals surface area contributed by atoms with Crippen LogP contribution in [0.25, 0.3) is 0 Å². The second-order valence-electron chi connectivity index (χ2n) is 5.45. The molecule has 0 saturated heterocycles. The van der Waals surface area contributed by atoms with E-state index in [2.05, 4.69) is 29.9 Å². The van der Waals surface area contributed by atoms with Crippen LogP contribution in [0, 0.1) is 11.8 Å². The summed E-state index contributed by atoms with van der Waals surface area (Å²) in [5.41, 5.74) is 2.10. The van der Waals surface area contributed by atoms with E-state index in [1.165, 1.54) is 6.42 Å². The summed E-state index contributed by atoms with van der Waals surface area (Å²) in [5.74, 6) is 5.70. The van der Waals surface area contributed by atoms with Gasteiger partial charge in [-0.3, -0.25) is 4.90 Å². The van der Waals surface area contributed by atoms with Gasteiger partial charge in [0.2, 0.25) is 0 Å². The first kappa shape index (κ1) is 15.1. The van der Waals surface area contributed by atoms with Crippen molar-refractivity contribution in [1.29, 1.82) is 0 Å². The Hall–Kier alpha value is -1.34. The molecule has 0 aromatic heterocycles. The topological polar surface area (TPSA) is 43.7 Å². The molecule has 2 N–H and O–H groups in total. The lowest BCUT2D eigenvalue weighted by atomic mass is 9.91. The smallest absolute Gasteiger partial charge is 0.104 e. The predicted molar refractivity (Wildman–Crippen MR) is 80.1 cm³/mol. The minimum atomic E-state index is -0.218. The molecule has 1 aliphatic rings. The number of benzene rings is 1. The standard InChI is InChI=1S/C17H23NO2/c1-18(16-10-4-5-11-17(16)20)13-15-8-3-2-7-14(15)9-6-12-19/h2-3,7-8,16-17,19-20H,4-5,10-13H2,1H3. The Morgan fingerprint density at radius 2 is 2.00 bits per heavy atom. The molecule has 1 fully saturated rings. The summed E-state index contributed by atoms with van der Waals surface area (Å²) in [5, 5.41) is 18.9. The summed E-state index contributed by atoms with van der Waals surface area (Å²) in [6.07, 6.45) is 4.06. The molecule has 1 aliphatic carbocycles. The zero-order valence-electron chi connectivity index (χ0n) is 12.0. The van der Waals surface area contributed by atoms with Gasteiger partial charge in [-0.15, -0.1) is 0 Å². The van der Waals surface area contributed by atoms with Gasteiger partial charge in [0.1, 0.15) is 6.61 Å². The summed E-state index contributed by atoms with van der Waals surface area (Å²) in [7, 11) is 2.06. The molecule has 2 unspecified atom stereocenters. The van der Waals surface area contributed by atoms with E-state index in [4.69, 9.17) is 5.11 Å². The fourth-order valence-electron chi connectivity index (χ4n) is 2.91. The highest BCUT2D eigenvalue weighted by atomic mass is 16.3. The Morgan fingerprint density at radius 1 is 1.25 bits per heavy atom. The van der Waals surface area contributed by atoms with Gasteiger partial charge in [-0.05, 0) is 31.5 Å². The lowest BCUT2D eigenvalue weighted by Crippen LogP contribution is -2.42. The number of nitrogens with zero attached hydrogens (tertiary/aromatic N) is 1. The zero-order chi connectivity index (χ0) is 14.4. The number of likely N-dealkylation sites (N-methyl/N-ethyl adjacent to an activating group) is 1. The summed E-state index contributed by atoms with van der Waals surface area (Å²) in [6, 6.07) is 8.24. The van der Waals surface area contributed by atoms with Gasteiger partial charge in [-0.25, -0.2) is 0 Å². The van der Waals surface area contributed by atoms with Gasteiger partial charge in [0.25, 0.3) is 0 Å². The fourth-order valence-corrected chi connectivity index (χ4v) is 2.91. The average molecular weight is 273 g/mol. The molecule has 0 bridgehead atoms. The third-order valence-corrected chi connectivity index (χ3v) is 4.00. The van der Waals surface area contributed by atoms with Crippen LogP contribution in [0.15, 0.2) is 24.3 Å². The summed E-state index contributed by atoms with van der Waals surface area (Å²) >= 11 is 0. The van der Waals surface area contributed by atoms with E-state index in [1.807, 2.05) is 18.2 Å². The number of rotatable bonds is 3. The number of hydrogen-bond donors (Lipinski definition) is 2. The molecule has 1 saturated carbocycles. The highest BCUT2D eigenvalue weighted by Crippen LogP contribution is 2.24. The molecule has 2 atom stereocenters. The van der Waals surface area contributed by atoms with Gasteiger partial charge in [0.05, 0.1) is 6.10 Å². The lowest BCUT2D eigenvalue weighted by molar-refractivity contribution is 0.0288. The molecule has 2 rings (SSSR count). The van der Waals surface area contributed by atoms with E-state index < -0.39 is 0 Å². The van der Waals surface area contributed by atoms with Crippen molar-refractivity contribution in [2.45, 2.75) is 44.4 Å². The minimum absolute atomic E-state index is 0.120. The van der Waals surface area contributed by atoms with Crippen molar-refractivity contribution in [2.75, 3.05) is 13.7 Å². The second kappa shape index (κ2) is 7.44. The van der Waals surface area contributed by atoms with Gasteiger partial charge >= 0.3 is 0 Å². The Balaban J connectivity index is 2.09. The fraction of sp³-hybridized carbons (Fsp3) is 0.529. The lowest BCUT2D eigenvalue weighted by Gasteiger charge is -2.35. The van der Waals surface area contributed by atoms with Crippen molar-refractivity contribution in [2.24, 2.45) is 0 Å². The van der Waals surface area contributed by atoms with Crippen LogP contribution in [-0.2, 0) is 6.54 Å².